The zero-order valence-corrected chi connectivity index (χ0v) is 16.0. The summed E-state index contributed by atoms with van der Waals surface area (Å²) in [5.74, 6) is 0.101. The van der Waals surface area contributed by atoms with Crippen LogP contribution in [0.3, 0.4) is 0 Å². The number of sulfonamides is 1. The zero-order chi connectivity index (χ0) is 19.2. The normalized spacial score (nSPS) is 11.0. The van der Waals surface area contributed by atoms with E-state index in [2.05, 4.69) is 5.32 Å². The van der Waals surface area contributed by atoms with Crippen LogP contribution >= 0.6 is 0 Å². The third kappa shape index (κ3) is 5.23. The standard InChI is InChI=1S/C19H24N2O4S/c1-4-15-10-12-16(13-11-15)21(26(3,23)24)14-19(22)20-17-8-6-7-9-18(17)25-5-2/h6-13H,4-5,14H2,1-3H3,(H,20,22). The molecule has 140 valence electrons. The third-order valence-corrected chi connectivity index (χ3v) is 4.92. The van der Waals surface area contributed by atoms with E-state index in [4.69, 9.17) is 4.74 Å². The highest BCUT2D eigenvalue weighted by molar-refractivity contribution is 7.92. The molecule has 0 atom stereocenters. The van der Waals surface area contributed by atoms with E-state index in [9.17, 15) is 13.2 Å². The Morgan fingerprint density at radius 3 is 2.31 bits per heavy atom. The van der Waals surface area contributed by atoms with Crippen molar-refractivity contribution in [2.45, 2.75) is 20.3 Å². The van der Waals surface area contributed by atoms with E-state index >= 15 is 0 Å². The van der Waals surface area contributed by atoms with Gasteiger partial charge in [-0.1, -0.05) is 31.2 Å². The summed E-state index contributed by atoms with van der Waals surface area (Å²) < 4.78 is 30.9. The lowest BCUT2D eigenvalue weighted by molar-refractivity contribution is -0.114. The van der Waals surface area contributed by atoms with Crippen LogP contribution in [0.15, 0.2) is 48.5 Å². The van der Waals surface area contributed by atoms with Gasteiger partial charge in [0.25, 0.3) is 0 Å². The number of nitrogens with one attached hydrogen (secondary N) is 1. The maximum absolute atomic E-state index is 12.4. The molecule has 0 aliphatic carbocycles. The summed E-state index contributed by atoms with van der Waals surface area (Å²) in [5.41, 5.74) is 2.06. The van der Waals surface area contributed by atoms with Gasteiger partial charge >= 0.3 is 0 Å². The predicted molar refractivity (Wildman–Crippen MR) is 104 cm³/mol. The van der Waals surface area contributed by atoms with Crippen LogP contribution in [0.4, 0.5) is 11.4 Å². The van der Waals surface area contributed by atoms with Crippen molar-refractivity contribution < 1.29 is 17.9 Å². The van der Waals surface area contributed by atoms with Crippen molar-refractivity contribution in [1.82, 2.24) is 0 Å². The van der Waals surface area contributed by atoms with E-state index in [0.717, 1.165) is 22.5 Å². The van der Waals surface area contributed by atoms with Crippen LogP contribution < -0.4 is 14.4 Å². The highest BCUT2D eigenvalue weighted by Crippen LogP contribution is 2.24. The molecule has 0 radical (unpaired) electrons. The summed E-state index contributed by atoms with van der Waals surface area (Å²) in [6, 6.07) is 14.2. The van der Waals surface area contributed by atoms with Crippen molar-refractivity contribution in [1.29, 1.82) is 0 Å². The van der Waals surface area contributed by atoms with Gasteiger partial charge in [0.05, 0.1) is 24.2 Å². The number of benzene rings is 2. The molecule has 7 heteroatoms. The van der Waals surface area contributed by atoms with Crippen LogP contribution in [0.2, 0.25) is 0 Å². The average molecular weight is 376 g/mol. The maximum Gasteiger partial charge on any atom is 0.245 e. The summed E-state index contributed by atoms with van der Waals surface area (Å²) in [4.78, 5) is 12.4. The van der Waals surface area contributed by atoms with Gasteiger partial charge in [0.2, 0.25) is 15.9 Å². The first-order valence-corrected chi connectivity index (χ1v) is 10.3. The fourth-order valence-corrected chi connectivity index (χ4v) is 3.33. The molecule has 1 N–H and O–H groups in total. The molecule has 26 heavy (non-hydrogen) atoms. The Kier molecular flexibility index (Phi) is 6.63. The number of ether oxygens (including phenoxy) is 1. The highest BCUT2D eigenvalue weighted by Gasteiger charge is 2.21. The van der Waals surface area contributed by atoms with Gasteiger partial charge in [-0.3, -0.25) is 9.10 Å². The SMILES string of the molecule is CCOc1ccccc1NC(=O)CN(c1ccc(CC)cc1)S(C)(=O)=O. The molecule has 0 bridgehead atoms. The number of carbonyl (C=O) groups excluding carboxylic acids is 1. The average Bonchev–Trinajstić information content (AvgIpc) is 2.61. The Balaban J connectivity index is 2.19. The van der Waals surface area contributed by atoms with E-state index in [1.165, 1.54) is 0 Å². The van der Waals surface area contributed by atoms with Gasteiger partial charge in [-0.25, -0.2) is 8.42 Å². The van der Waals surface area contributed by atoms with Crippen LogP contribution in [0.25, 0.3) is 0 Å². The largest absolute Gasteiger partial charge is 0.492 e. The molecule has 0 unspecified atom stereocenters. The lowest BCUT2D eigenvalue weighted by atomic mass is 10.1. The van der Waals surface area contributed by atoms with Crippen LogP contribution in [-0.4, -0.2) is 33.7 Å². The Bertz CT molecular complexity index is 848. The van der Waals surface area contributed by atoms with Crippen LogP contribution in [0, 0.1) is 0 Å². The summed E-state index contributed by atoms with van der Waals surface area (Å²) in [6.45, 7) is 4.02. The monoisotopic (exact) mass is 376 g/mol. The van der Waals surface area contributed by atoms with E-state index in [-0.39, 0.29) is 6.54 Å². The fraction of sp³-hybridized carbons (Fsp3) is 0.316. The van der Waals surface area contributed by atoms with Crippen LogP contribution in [0.5, 0.6) is 5.75 Å². The maximum atomic E-state index is 12.4. The second-order valence-electron chi connectivity index (χ2n) is 5.77. The van der Waals surface area contributed by atoms with Gasteiger partial charge in [-0.05, 0) is 43.2 Å². The summed E-state index contributed by atoms with van der Waals surface area (Å²) >= 11 is 0. The smallest absolute Gasteiger partial charge is 0.245 e. The molecule has 2 aromatic carbocycles. The topological polar surface area (TPSA) is 75.7 Å². The lowest BCUT2D eigenvalue weighted by Crippen LogP contribution is -2.37. The summed E-state index contributed by atoms with van der Waals surface area (Å²) in [5, 5.41) is 2.72. The van der Waals surface area contributed by atoms with Crippen molar-refractivity contribution in [3.05, 3.63) is 54.1 Å². The molecule has 2 rings (SSSR count). The number of rotatable bonds is 8. The number of hydrogen-bond acceptors (Lipinski definition) is 4. The molecule has 6 nitrogen and oxygen atoms in total. The van der Waals surface area contributed by atoms with E-state index in [1.807, 2.05) is 26.0 Å². The highest BCUT2D eigenvalue weighted by atomic mass is 32.2. The van der Waals surface area contributed by atoms with Crippen LogP contribution in [-0.2, 0) is 21.2 Å². The zero-order valence-electron chi connectivity index (χ0n) is 15.2. The Labute approximate surface area is 154 Å². The molecule has 0 heterocycles. The number of carbonyl (C=O) groups is 1. The van der Waals surface area contributed by atoms with E-state index in [1.54, 1.807) is 36.4 Å². The Hall–Kier alpha value is -2.54. The summed E-state index contributed by atoms with van der Waals surface area (Å²) in [7, 11) is -3.60. The Morgan fingerprint density at radius 2 is 1.73 bits per heavy atom. The van der Waals surface area contributed by atoms with Gasteiger partial charge in [-0.2, -0.15) is 0 Å². The predicted octanol–water partition coefficient (Wildman–Crippen LogP) is 3.05. The first kappa shape index (κ1) is 19.8. The molecule has 0 saturated carbocycles. The van der Waals surface area contributed by atoms with Crippen molar-refractivity contribution in [2.75, 3.05) is 29.0 Å². The number of para-hydroxylation sites is 2. The summed E-state index contributed by atoms with van der Waals surface area (Å²) in [6.07, 6.45) is 1.94. The number of aryl methyl sites for hydroxylation is 1. The second kappa shape index (κ2) is 8.71. The molecule has 0 saturated heterocycles. The second-order valence-corrected chi connectivity index (χ2v) is 7.67. The van der Waals surface area contributed by atoms with Gasteiger partial charge in [0.15, 0.2) is 0 Å². The number of anilines is 2. The minimum Gasteiger partial charge on any atom is -0.492 e. The van der Waals surface area contributed by atoms with Gasteiger partial charge in [0.1, 0.15) is 12.3 Å². The van der Waals surface area contributed by atoms with Crippen molar-refractivity contribution >= 4 is 27.3 Å². The van der Waals surface area contributed by atoms with Crippen molar-refractivity contribution in [3.63, 3.8) is 0 Å². The molecule has 2 aromatic rings. The molecule has 1 amide bonds. The van der Waals surface area contributed by atoms with E-state index < -0.39 is 15.9 Å². The molecule has 0 aromatic heterocycles. The van der Waals surface area contributed by atoms with Crippen molar-refractivity contribution in [2.24, 2.45) is 0 Å². The van der Waals surface area contributed by atoms with E-state index in [0.29, 0.717) is 23.7 Å². The number of amides is 1. The van der Waals surface area contributed by atoms with Gasteiger partial charge in [0, 0.05) is 0 Å². The first-order valence-electron chi connectivity index (χ1n) is 8.43. The molecule has 0 aliphatic heterocycles. The molecular weight excluding hydrogens is 352 g/mol. The van der Waals surface area contributed by atoms with Crippen molar-refractivity contribution in [3.8, 4) is 5.75 Å². The fourth-order valence-electron chi connectivity index (χ4n) is 2.47. The number of hydrogen-bond donors (Lipinski definition) is 1. The third-order valence-electron chi connectivity index (χ3n) is 3.78. The quantitative estimate of drug-likeness (QED) is 0.768. The minimum atomic E-state index is -3.60. The number of nitrogens with zero attached hydrogens (tertiary/aromatic N) is 1. The Morgan fingerprint density at radius 1 is 1.08 bits per heavy atom. The van der Waals surface area contributed by atoms with Gasteiger partial charge < -0.3 is 10.1 Å². The van der Waals surface area contributed by atoms with Gasteiger partial charge in [-0.15, -0.1) is 0 Å². The molecular formula is C19H24N2O4S. The molecule has 0 spiro atoms. The first-order chi connectivity index (χ1) is 12.3. The lowest BCUT2D eigenvalue weighted by Gasteiger charge is -2.22. The molecule has 0 fully saturated rings. The molecule has 0 aliphatic rings. The van der Waals surface area contributed by atoms with Crippen LogP contribution in [0.1, 0.15) is 19.4 Å². The minimum absolute atomic E-state index is 0.315.